The average molecular weight is 561 g/mol. The fourth-order valence-electron chi connectivity index (χ4n) is 3.92. The normalized spacial score (nSPS) is 20.8. The first-order chi connectivity index (χ1) is 14.9. The van der Waals surface area contributed by atoms with E-state index in [0.717, 1.165) is 24.7 Å². The third-order valence-corrected chi connectivity index (χ3v) is 7.29. The van der Waals surface area contributed by atoms with Crippen molar-refractivity contribution < 1.29 is 9.53 Å². The molecule has 1 aromatic carbocycles. The molecule has 1 aromatic rings. The Labute approximate surface area is 205 Å². The van der Waals surface area contributed by atoms with Crippen molar-refractivity contribution >= 4 is 37.1 Å². The highest BCUT2D eigenvalue weighted by Gasteiger charge is 2.47. The zero-order chi connectivity index (χ0) is 23.7. The Bertz CT molecular complexity index is 742. The van der Waals surface area contributed by atoms with Gasteiger partial charge in [-0.15, -0.1) is 0 Å². The number of carbonyl (C=O) groups is 1. The van der Waals surface area contributed by atoms with Crippen molar-refractivity contribution in [3.63, 3.8) is 0 Å². The summed E-state index contributed by atoms with van der Waals surface area (Å²) in [5.41, 5.74) is 3.97. The van der Waals surface area contributed by atoms with E-state index in [1.54, 1.807) is 9.12 Å². The molecule has 0 radical (unpaired) electrons. The van der Waals surface area contributed by atoms with E-state index >= 15 is 0 Å². The van der Waals surface area contributed by atoms with Gasteiger partial charge in [-0.2, -0.15) is 0 Å². The minimum Gasteiger partial charge on any atom is -0.497 e. The van der Waals surface area contributed by atoms with Gasteiger partial charge in [0.15, 0.2) is 0 Å². The predicted octanol–water partition coefficient (Wildman–Crippen LogP) is 5.05. The second kappa shape index (κ2) is 13.3. The van der Waals surface area contributed by atoms with Crippen LogP contribution >= 0.6 is 30.3 Å². The molecule has 2 heterocycles. The van der Waals surface area contributed by atoms with Crippen LogP contribution in [0.15, 0.2) is 48.0 Å². The molecule has 8 heteroatoms. The van der Waals surface area contributed by atoms with E-state index in [-0.39, 0.29) is 12.1 Å². The number of aryl methyl sites for hydroxylation is 1. The first-order valence-corrected chi connectivity index (χ1v) is 13.8. The summed E-state index contributed by atoms with van der Waals surface area (Å²) in [6, 6.07) is 9.33. The number of halogens is 1. The van der Waals surface area contributed by atoms with Gasteiger partial charge in [-0.25, -0.2) is 9.31 Å². The van der Waals surface area contributed by atoms with Crippen molar-refractivity contribution in [2.24, 2.45) is 0 Å². The number of hydrogen-bond acceptors (Lipinski definition) is 7. The number of hydrazine groups is 1. The molecule has 1 fully saturated rings. The number of rotatable bonds is 6. The van der Waals surface area contributed by atoms with Crippen molar-refractivity contribution in [1.29, 1.82) is 0 Å². The van der Waals surface area contributed by atoms with Gasteiger partial charge in [0.25, 0.3) is 0 Å². The fourth-order valence-corrected chi connectivity index (χ4v) is 5.60. The Morgan fingerprint density at radius 2 is 1.84 bits per heavy atom. The van der Waals surface area contributed by atoms with Crippen LogP contribution in [0.25, 0.3) is 0 Å². The van der Waals surface area contributed by atoms with E-state index in [4.69, 9.17) is 9.53 Å². The first kappa shape index (κ1) is 27.8. The number of ether oxygens (including phenoxy) is 1. The lowest BCUT2D eigenvalue weighted by Gasteiger charge is -2.45. The van der Waals surface area contributed by atoms with Crippen molar-refractivity contribution in [2.45, 2.75) is 39.8 Å². The van der Waals surface area contributed by atoms with Crippen LogP contribution in [0.3, 0.4) is 0 Å². The molecular formula is C23H37IN4O2S. The molecule has 0 aliphatic carbocycles. The number of fused-ring (bicyclic) bond motifs is 1. The van der Waals surface area contributed by atoms with Gasteiger partial charge in [-0.3, -0.25) is 5.01 Å². The van der Waals surface area contributed by atoms with Crippen molar-refractivity contribution in [2.75, 3.05) is 40.8 Å². The minimum atomic E-state index is 0.213. The number of hydrogen-bond donors (Lipinski definition) is 0. The highest BCUT2D eigenvalue weighted by molar-refractivity contribution is 14.2. The lowest BCUT2D eigenvalue weighted by atomic mass is 9.94. The molecule has 0 spiro atoms. The molecule has 2 atom stereocenters. The van der Waals surface area contributed by atoms with Crippen molar-refractivity contribution in [3.8, 4) is 0 Å². The molecule has 2 aliphatic heterocycles. The maximum Gasteiger partial charge on any atom is 0.115 e. The maximum atomic E-state index is 8.00. The van der Waals surface area contributed by atoms with Gasteiger partial charge in [0, 0.05) is 54.5 Å². The van der Waals surface area contributed by atoms with Crippen LogP contribution < -0.4 is 0 Å². The van der Waals surface area contributed by atoms with Crippen LogP contribution in [0.1, 0.15) is 37.9 Å². The molecule has 2 aliphatic rings. The average Bonchev–Trinajstić information content (AvgIpc) is 3.16. The SMILES string of the molecule is C=C(N(C)C)N1C2CN(SI)C(c3ccc(C)cc3)C2=C(OCC)CN1C.C=O.CC. The molecule has 0 N–H and O–H groups in total. The highest BCUT2D eigenvalue weighted by atomic mass is 127. The number of nitrogens with zero attached hydrogens (tertiary/aromatic N) is 4. The summed E-state index contributed by atoms with van der Waals surface area (Å²) < 4.78 is 8.61. The summed E-state index contributed by atoms with van der Waals surface area (Å²) in [5.74, 6) is 2.10. The Hall–Kier alpha value is -1.23. The lowest BCUT2D eigenvalue weighted by molar-refractivity contribution is -0.0979. The molecular weight excluding hydrogens is 523 g/mol. The molecule has 6 nitrogen and oxygen atoms in total. The van der Waals surface area contributed by atoms with Crippen molar-refractivity contribution in [3.05, 3.63) is 59.1 Å². The van der Waals surface area contributed by atoms with E-state index in [9.17, 15) is 0 Å². The van der Waals surface area contributed by atoms with Crippen LogP contribution in [-0.4, -0.2) is 72.9 Å². The number of likely N-dealkylation sites (N-methyl/N-ethyl adjacent to an activating group) is 1. The zero-order valence-electron chi connectivity index (χ0n) is 19.9. The Kier molecular flexibility index (Phi) is 12.0. The second-order valence-corrected chi connectivity index (χ2v) is 9.07. The summed E-state index contributed by atoms with van der Waals surface area (Å²) in [6.07, 6.45) is 0. The third kappa shape index (κ3) is 6.18. The Morgan fingerprint density at radius 3 is 2.32 bits per heavy atom. The third-order valence-electron chi connectivity index (χ3n) is 5.23. The van der Waals surface area contributed by atoms with Crippen LogP contribution in [0.4, 0.5) is 0 Å². The molecule has 1 saturated heterocycles. The molecule has 2 unspecified atom stereocenters. The molecule has 0 bridgehead atoms. The molecule has 3 rings (SSSR count). The van der Waals surface area contributed by atoms with Crippen LogP contribution in [0, 0.1) is 6.92 Å². The monoisotopic (exact) mass is 560 g/mol. The lowest BCUT2D eigenvalue weighted by Crippen LogP contribution is -2.53. The summed E-state index contributed by atoms with van der Waals surface area (Å²) in [7, 11) is 7.99. The standard InChI is InChI=1S/C20H29IN4OS.C2H6.CH2O/c1-7-26-18-13-23(6)25(15(3)22(4)5)17-12-24(27-21)20(19(17)18)16-10-8-14(2)9-11-16;2*1-2/h8-11,17,20H,3,7,12-13H2,1-2,4-6H3;1-2H3;1H2. The van der Waals surface area contributed by atoms with Gasteiger partial charge in [0.2, 0.25) is 0 Å². The summed E-state index contributed by atoms with van der Waals surface area (Å²) in [5, 5.41) is 4.56. The van der Waals surface area contributed by atoms with E-state index in [2.05, 4.69) is 106 Å². The van der Waals surface area contributed by atoms with Gasteiger partial charge in [-0.1, -0.05) is 50.3 Å². The smallest absolute Gasteiger partial charge is 0.115 e. The topological polar surface area (TPSA) is 39.3 Å². The fraction of sp³-hybridized carbons (Fsp3) is 0.522. The largest absolute Gasteiger partial charge is 0.497 e. The molecule has 0 amide bonds. The molecule has 174 valence electrons. The molecule has 31 heavy (non-hydrogen) atoms. The maximum absolute atomic E-state index is 8.00. The van der Waals surface area contributed by atoms with E-state index in [0.29, 0.717) is 6.61 Å². The highest BCUT2D eigenvalue weighted by Crippen LogP contribution is 2.48. The van der Waals surface area contributed by atoms with Crippen LogP contribution in [-0.2, 0) is 9.53 Å². The van der Waals surface area contributed by atoms with Crippen molar-refractivity contribution in [1.82, 2.24) is 19.2 Å². The van der Waals surface area contributed by atoms with E-state index in [1.807, 2.05) is 20.6 Å². The minimum absolute atomic E-state index is 0.213. The Morgan fingerprint density at radius 1 is 1.26 bits per heavy atom. The van der Waals surface area contributed by atoms with Gasteiger partial charge < -0.3 is 14.4 Å². The number of benzene rings is 1. The first-order valence-electron chi connectivity index (χ1n) is 10.5. The van der Waals surface area contributed by atoms with Gasteiger partial charge in [0.1, 0.15) is 18.4 Å². The molecule has 0 saturated carbocycles. The van der Waals surface area contributed by atoms with E-state index in [1.165, 1.54) is 16.7 Å². The summed E-state index contributed by atoms with van der Waals surface area (Å²) in [6.45, 7) is 16.9. The summed E-state index contributed by atoms with van der Waals surface area (Å²) >= 11 is 2.40. The quantitative estimate of drug-likeness (QED) is 0.357. The van der Waals surface area contributed by atoms with E-state index < -0.39 is 0 Å². The zero-order valence-corrected chi connectivity index (χ0v) is 22.9. The van der Waals surface area contributed by atoms with Gasteiger partial charge in [0.05, 0.1) is 25.2 Å². The van der Waals surface area contributed by atoms with Crippen LogP contribution in [0.5, 0.6) is 0 Å². The number of carbonyl (C=O) groups excluding carboxylic acids is 1. The predicted molar refractivity (Wildman–Crippen MR) is 140 cm³/mol. The van der Waals surface area contributed by atoms with Gasteiger partial charge in [-0.05, 0) is 28.5 Å². The summed E-state index contributed by atoms with van der Waals surface area (Å²) in [4.78, 5) is 10.1. The molecule has 0 aromatic heterocycles. The van der Waals surface area contributed by atoms with Gasteiger partial charge >= 0.3 is 0 Å². The second-order valence-electron chi connectivity index (χ2n) is 7.28. The Balaban J connectivity index is 0.00000113. The van der Waals surface area contributed by atoms with Crippen LogP contribution in [0.2, 0.25) is 0 Å².